The van der Waals surface area contributed by atoms with Crippen molar-refractivity contribution in [1.29, 1.82) is 0 Å². The van der Waals surface area contributed by atoms with Crippen molar-refractivity contribution in [3.63, 3.8) is 0 Å². The molecular formula is C22H21ClN6O2. The molecule has 31 heavy (non-hydrogen) atoms. The van der Waals surface area contributed by atoms with Crippen molar-refractivity contribution < 1.29 is 4.79 Å². The Kier molecular flexibility index (Phi) is 6.11. The number of hydrazone groups is 1. The molecule has 1 fully saturated rings. The zero-order valence-electron chi connectivity index (χ0n) is 16.6. The molecule has 0 radical (unpaired) electrons. The molecule has 0 spiro atoms. The SMILES string of the molecule is NN=C(C=Nc1ccc(C(=O)N2CCNCC2)cc1)c1cc2ccc(Cl)cc2[nH]c1=O. The van der Waals surface area contributed by atoms with Gasteiger partial charge in [0, 0.05) is 42.3 Å². The number of nitrogens with two attached hydrogens (primary N) is 1. The average molecular weight is 437 g/mol. The number of aromatic nitrogens is 1. The van der Waals surface area contributed by atoms with Crippen molar-refractivity contribution in [1.82, 2.24) is 15.2 Å². The summed E-state index contributed by atoms with van der Waals surface area (Å²) in [7, 11) is 0. The van der Waals surface area contributed by atoms with Crippen molar-refractivity contribution in [3.8, 4) is 0 Å². The second-order valence-electron chi connectivity index (χ2n) is 7.11. The van der Waals surface area contributed by atoms with Gasteiger partial charge in [0.1, 0.15) is 5.71 Å². The maximum absolute atomic E-state index is 12.6. The van der Waals surface area contributed by atoms with Gasteiger partial charge in [0.25, 0.3) is 11.5 Å². The second kappa shape index (κ2) is 9.11. The van der Waals surface area contributed by atoms with E-state index in [1.165, 1.54) is 6.21 Å². The van der Waals surface area contributed by atoms with Gasteiger partial charge in [-0.1, -0.05) is 17.7 Å². The van der Waals surface area contributed by atoms with Crippen molar-refractivity contribution in [3.05, 3.63) is 75.0 Å². The number of nitrogens with zero attached hydrogens (tertiary/aromatic N) is 3. The van der Waals surface area contributed by atoms with E-state index in [-0.39, 0.29) is 17.2 Å². The number of amides is 1. The van der Waals surface area contributed by atoms with Crippen LogP contribution >= 0.6 is 11.6 Å². The van der Waals surface area contributed by atoms with Crippen LogP contribution < -0.4 is 16.7 Å². The molecule has 158 valence electrons. The lowest BCUT2D eigenvalue weighted by molar-refractivity contribution is 0.0736. The van der Waals surface area contributed by atoms with Gasteiger partial charge in [0.15, 0.2) is 0 Å². The highest BCUT2D eigenvalue weighted by molar-refractivity contribution is 6.38. The number of benzene rings is 2. The van der Waals surface area contributed by atoms with Crippen LogP contribution in [0.1, 0.15) is 15.9 Å². The number of rotatable bonds is 4. The van der Waals surface area contributed by atoms with E-state index >= 15 is 0 Å². The van der Waals surface area contributed by atoms with E-state index in [1.807, 2.05) is 4.90 Å². The number of fused-ring (bicyclic) bond motifs is 1. The zero-order chi connectivity index (χ0) is 21.8. The van der Waals surface area contributed by atoms with Crippen molar-refractivity contribution in [2.75, 3.05) is 26.2 Å². The number of aromatic amines is 1. The summed E-state index contributed by atoms with van der Waals surface area (Å²) in [6, 6.07) is 13.9. The van der Waals surface area contributed by atoms with Crippen LogP contribution in [0.25, 0.3) is 10.9 Å². The van der Waals surface area contributed by atoms with Gasteiger partial charge in [-0.3, -0.25) is 14.6 Å². The van der Waals surface area contributed by atoms with E-state index in [0.29, 0.717) is 40.4 Å². The number of nitrogens with one attached hydrogen (secondary N) is 2. The fourth-order valence-corrected chi connectivity index (χ4v) is 3.58. The first-order valence-corrected chi connectivity index (χ1v) is 10.2. The predicted molar refractivity (Wildman–Crippen MR) is 124 cm³/mol. The molecule has 0 atom stereocenters. The highest BCUT2D eigenvalue weighted by Crippen LogP contribution is 2.18. The van der Waals surface area contributed by atoms with E-state index in [0.717, 1.165) is 18.5 Å². The van der Waals surface area contributed by atoms with Gasteiger partial charge < -0.3 is 21.0 Å². The maximum atomic E-state index is 12.6. The summed E-state index contributed by atoms with van der Waals surface area (Å²) in [5.74, 6) is 5.52. The lowest BCUT2D eigenvalue weighted by Crippen LogP contribution is -2.46. The highest BCUT2D eigenvalue weighted by atomic mass is 35.5. The first-order valence-electron chi connectivity index (χ1n) is 9.80. The minimum atomic E-state index is -0.345. The summed E-state index contributed by atoms with van der Waals surface area (Å²) in [6.07, 6.45) is 1.43. The van der Waals surface area contributed by atoms with Crippen LogP contribution in [0.4, 0.5) is 5.69 Å². The molecule has 8 nitrogen and oxygen atoms in total. The quantitative estimate of drug-likeness (QED) is 0.330. The van der Waals surface area contributed by atoms with Gasteiger partial charge in [-0.05, 0) is 47.9 Å². The molecule has 2 aromatic carbocycles. The number of pyridine rings is 1. The Bertz CT molecular complexity index is 1230. The Morgan fingerprint density at radius 1 is 1.10 bits per heavy atom. The zero-order valence-corrected chi connectivity index (χ0v) is 17.4. The fraction of sp³-hybridized carbons (Fsp3) is 0.182. The fourth-order valence-electron chi connectivity index (χ4n) is 3.41. The molecule has 0 bridgehead atoms. The van der Waals surface area contributed by atoms with Gasteiger partial charge >= 0.3 is 0 Å². The molecule has 1 aromatic heterocycles. The molecule has 3 aromatic rings. The monoisotopic (exact) mass is 436 g/mol. The van der Waals surface area contributed by atoms with Gasteiger partial charge in [0.2, 0.25) is 0 Å². The number of carbonyl (C=O) groups excluding carboxylic acids is 1. The minimum Gasteiger partial charge on any atom is -0.336 e. The number of carbonyl (C=O) groups is 1. The van der Waals surface area contributed by atoms with Gasteiger partial charge in [0.05, 0.1) is 17.5 Å². The lowest BCUT2D eigenvalue weighted by atomic mass is 10.1. The molecule has 0 unspecified atom stereocenters. The van der Waals surface area contributed by atoms with Crippen LogP contribution in [0.5, 0.6) is 0 Å². The van der Waals surface area contributed by atoms with Crippen LogP contribution in [0.2, 0.25) is 5.02 Å². The van der Waals surface area contributed by atoms with Crippen LogP contribution in [-0.2, 0) is 0 Å². The summed E-state index contributed by atoms with van der Waals surface area (Å²) >= 11 is 5.98. The number of hydrogen-bond donors (Lipinski definition) is 3. The average Bonchev–Trinajstić information content (AvgIpc) is 2.80. The van der Waals surface area contributed by atoms with E-state index in [4.69, 9.17) is 17.4 Å². The number of aliphatic imine (C=N–C) groups is 1. The maximum Gasteiger partial charge on any atom is 0.258 e. The number of H-pyrrole nitrogens is 1. The Hall–Kier alpha value is -3.49. The molecule has 0 aliphatic carbocycles. The number of piperazine rings is 1. The standard InChI is InChI=1S/C22H21ClN6O2/c23-16-4-1-15-11-18(21(30)27-19(15)12-16)20(28-24)13-26-17-5-2-14(3-6-17)22(31)29-9-7-25-8-10-29/h1-6,11-13,25H,7-10,24H2,(H,27,30). The van der Waals surface area contributed by atoms with Crippen LogP contribution in [0, 0.1) is 0 Å². The van der Waals surface area contributed by atoms with Gasteiger partial charge in [-0.15, -0.1) is 0 Å². The van der Waals surface area contributed by atoms with Crippen LogP contribution in [-0.4, -0.2) is 53.9 Å². The molecule has 9 heteroatoms. The third kappa shape index (κ3) is 4.65. The normalized spacial score (nSPS) is 15.0. The molecule has 2 heterocycles. The van der Waals surface area contributed by atoms with E-state index in [1.54, 1.807) is 48.5 Å². The molecule has 4 N–H and O–H groups in total. The van der Waals surface area contributed by atoms with Gasteiger partial charge in [-0.2, -0.15) is 5.10 Å². The molecule has 1 amide bonds. The summed E-state index contributed by atoms with van der Waals surface area (Å²) in [6.45, 7) is 3.00. The van der Waals surface area contributed by atoms with E-state index in [2.05, 4.69) is 20.4 Å². The Balaban J connectivity index is 1.54. The summed E-state index contributed by atoms with van der Waals surface area (Å²) < 4.78 is 0. The largest absolute Gasteiger partial charge is 0.336 e. The van der Waals surface area contributed by atoms with Crippen LogP contribution in [0.3, 0.4) is 0 Å². The number of hydrogen-bond acceptors (Lipinski definition) is 6. The number of halogens is 1. The van der Waals surface area contributed by atoms with Crippen molar-refractivity contribution >= 4 is 46.0 Å². The Morgan fingerprint density at radius 3 is 2.55 bits per heavy atom. The summed E-state index contributed by atoms with van der Waals surface area (Å²) in [4.78, 5) is 34.0. The third-order valence-corrected chi connectivity index (χ3v) is 5.31. The molecule has 0 saturated carbocycles. The van der Waals surface area contributed by atoms with E-state index < -0.39 is 0 Å². The molecule has 1 saturated heterocycles. The first-order chi connectivity index (χ1) is 15.0. The highest BCUT2D eigenvalue weighted by Gasteiger charge is 2.17. The second-order valence-corrected chi connectivity index (χ2v) is 7.54. The topological polar surface area (TPSA) is 116 Å². The minimum absolute atomic E-state index is 0.00374. The Morgan fingerprint density at radius 2 is 1.84 bits per heavy atom. The van der Waals surface area contributed by atoms with Crippen LogP contribution in [0.15, 0.2) is 63.4 Å². The third-order valence-electron chi connectivity index (χ3n) is 5.08. The van der Waals surface area contributed by atoms with Gasteiger partial charge in [-0.25, -0.2) is 0 Å². The first kappa shape index (κ1) is 20.8. The molecule has 1 aliphatic heterocycles. The molecule has 1 aliphatic rings. The Labute approximate surface area is 183 Å². The molecule has 4 rings (SSSR count). The summed E-state index contributed by atoms with van der Waals surface area (Å²) in [5, 5.41) is 8.28. The molecular weight excluding hydrogens is 416 g/mol. The van der Waals surface area contributed by atoms with E-state index in [9.17, 15) is 9.59 Å². The van der Waals surface area contributed by atoms with Crippen molar-refractivity contribution in [2.24, 2.45) is 15.9 Å². The van der Waals surface area contributed by atoms with Crippen molar-refractivity contribution in [2.45, 2.75) is 0 Å². The predicted octanol–water partition coefficient (Wildman–Crippen LogP) is 2.29. The smallest absolute Gasteiger partial charge is 0.258 e. The lowest BCUT2D eigenvalue weighted by Gasteiger charge is -2.27. The summed E-state index contributed by atoms with van der Waals surface area (Å²) in [5.41, 5.74) is 2.03.